The summed E-state index contributed by atoms with van der Waals surface area (Å²) in [6, 6.07) is 0. The molecule has 0 aromatic heterocycles. The van der Waals surface area contributed by atoms with E-state index in [1.165, 1.54) is 5.57 Å². The van der Waals surface area contributed by atoms with E-state index in [1.807, 2.05) is 26.0 Å². The number of dihydropyridines is 1. The molecule has 0 atom stereocenters. The second-order valence-electron chi connectivity index (χ2n) is 4.11. The van der Waals surface area contributed by atoms with Crippen molar-refractivity contribution in [2.75, 3.05) is 0 Å². The van der Waals surface area contributed by atoms with Gasteiger partial charge in [-0.3, -0.25) is 4.99 Å². The molecule has 2 rings (SSSR count). The number of hydrogen-bond acceptors (Lipinski definition) is 2. The molecule has 0 aromatic carbocycles. The first-order chi connectivity index (χ1) is 7.58. The predicted molar refractivity (Wildman–Crippen MR) is 67.9 cm³/mol. The van der Waals surface area contributed by atoms with Crippen LogP contribution >= 0.6 is 0 Å². The summed E-state index contributed by atoms with van der Waals surface area (Å²) >= 11 is 0. The smallest absolute Gasteiger partial charge is 0.0401 e. The topological polar surface area (TPSA) is 52.5 Å². The van der Waals surface area contributed by atoms with Crippen molar-refractivity contribution in [3.8, 4) is 0 Å². The maximum Gasteiger partial charge on any atom is 0.0401 e. The number of allylic oxidation sites excluding steroid dienone is 5. The molecule has 16 heavy (non-hydrogen) atoms. The minimum Gasteiger partial charge on any atom is -0.658 e. The molecule has 0 aliphatic carbocycles. The van der Waals surface area contributed by atoms with E-state index in [4.69, 9.17) is 5.73 Å². The van der Waals surface area contributed by atoms with Crippen LogP contribution in [0.5, 0.6) is 0 Å². The summed E-state index contributed by atoms with van der Waals surface area (Å²) in [4.78, 5) is 4.57. The van der Waals surface area contributed by atoms with Gasteiger partial charge in [-0.25, -0.2) is 0 Å². The maximum atomic E-state index is 5.75. The summed E-state index contributed by atoms with van der Waals surface area (Å²) < 4.78 is 0. The summed E-state index contributed by atoms with van der Waals surface area (Å²) in [5, 5.41) is 4.46. The Balaban J connectivity index is 2.31. The number of nitrogens with zero attached hydrogens (tertiary/aromatic N) is 2. The average molecular weight is 214 g/mol. The second kappa shape index (κ2) is 4.00. The Morgan fingerprint density at radius 3 is 2.62 bits per heavy atom. The molecule has 2 N–H and O–H groups in total. The lowest BCUT2D eigenvalue weighted by molar-refractivity contribution is 1.08. The molecule has 0 saturated carbocycles. The van der Waals surface area contributed by atoms with Crippen LogP contribution in [0.3, 0.4) is 0 Å². The van der Waals surface area contributed by atoms with E-state index in [0.717, 1.165) is 34.9 Å². The molecule has 3 heteroatoms. The van der Waals surface area contributed by atoms with Crippen molar-refractivity contribution < 1.29 is 0 Å². The van der Waals surface area contributed by atoms with Crippen molar-refractivity contribution in [2.45, 2.75) is 27.2 Å². The first-order valence-electron chi connectivity index (χ1n) is 5.39. The van der Waals surface area contributed by atoms with Crippen LogP contribution in [0.25, 0.3) is 5.32 Å². The summed E-state index contributed by atoms with van der Waals surface area (Å²) in [5.41, 5.74) is 11.6. The maximum absolute atomic E-state index is 5.75. The zero-order valence-electron chi connectivity index (χ0n) is 9.91. The van der Waals surface area contributed by atoms with E-state index >= 15 is 0 Å². The Morgan fingerprint density at radius 1 is 1.25 bits per heavy atom. The molecular formula is C13H16N3-. The van der Waals surface area contributed by atoms with E-state index in [2.05, 4.69) is 23.3 Å². The van der Waals surface area contributed by atoms with Gasteiger partial charge in [0, 0.05) is 23.5 Å². The molecule has 0 spiro atoms. The molecule has 2 heterocycles. The standard InChI is InChI=1S/C13H16N3/c1-8-4-6-12(15-9(8)2)13-7-5-11(14)10(3)16-13/h4-5,7H,6,14H2,1-3H3/q-1. The van der Waals surface area contributed by atoms with Gasteiger partial charge in [0.15, 0.2) is 0 Å². The Kier molecular flexibility index (Phi) is 2.69. The Morgan fingerprint density at radius 2 is 2.00 bits per heavy atom. The highest BCUT2D eigenvalue weighted by Crippen LogP contribution is 2.29. The normalized spacial score (nSPS) is 25.2. The van der Waals surface area contributed by atoms with Gasteiger partial charge in [-0.15, -0.1) is 11.4 Å². The fourth-order valence-corrected chi connectivity index (χ4v) is 1.63. The lowest BCUT2D eigenvalue weighted by Gasteiger charge is -2.31. The fourth-order valence-electron chi connectivity index (χ4n) is 1.63. The van der Waals surface area contributed by atoms with Gasteiger partial charge in [0.1, 0.15) is 0 Å². The molecule has 0 fully saturated rings. The Hall–Kier alpha value is -1.77. The first-order valence-corrected chi connectivity index (χ1v) is 5.39. The lowest BCUT2D eigenvalue weighted by atomic mass is 10.1. The Bertz CT molecular complexity index is 473. The van der Waals surface area contributed by atoms with Gasteiger partial charge in [0.05, 0.1) is 0 Å². The lowest BCUT2D eigenvalue weighted by Crippen LogP contribution is -2.05. The van der Waals surface area contributed by atoms with Gasteiger partial charge in [-0.2, -0.15) is 0 Å². The SMILES string of the molecule is CC1=CCC(=C2C=CC(N)=C(C)[N-]2)N=C1C. The monoisotopic (exact) mass is 214 g/mol. The van der Waals surface area contributed by atoms with Crippen molar-refractivity contribution in [1.29, 1.82) is 0 Å². The highest BCUT2D eigenvalue weighted by Gasteiger charge is 2.06. The first kappa shape index (κ1) is 10.7. The van der Waals surface area contributed by atoms with E-state index in [0.29, 0.717) is 0 Å². The molecule has 3 nitrogen and oxygen atoms in total. The highest BCUT2D eigenvalue weighted by atomic mass is 14.9. The summed E-state index contributed by atoms with van der Waals surface area (Å²) in [6.07, 6.45) is 6.86. The number of rotatable bonds is 0. The van der Waals surface area contributed by atoms with Crippen LogP contribution in [-0.2, 0) is 0 Å². The van der Waals surface area contributed by atoms with Crippen LogP contribution in [-0.4, -0.2) is 5.71 Å². The van der Waals surface area contributed by atoms with Crippen molar-refractivity contribution in [3.63, 3.8) is 0 Å². The van der Waals surface area contributed by atoms with Crippen molar-refractivity contribution in [2.24, 2.45) is 10.7 Å². The molecule has 0 aromatic rings. The summed E-state index contributed by atoms with van der Waals surface area (Å²) in [7, 11) is 0. The van der Waals surface area contributed by atoms with Gasteiger partial charge in [0.25, 0.3) is 0 Å². The van der Waals surface area contributed by atoms with Crippen LogP contribution in [0.4, 0.5) is 0 Å². The molecule has 0 unspecified atom stereocenters. The minimum atomic E-state index is 0.729. The van der Waals surface area contributed by atoms with E-state index in [1.54, 1.807) is 0 Å². The fraction of sp³-hybridized carbons (Fsp3) is 0.308. The molecule has 0 amide bonds. The van der Waals surface area contributed by atoms with Crippen LogP contribution in [0.1, 0.15) is 27.2 Å². The van der Waals surface area contributed by atoms with Gasteiger partial charge in [-0.1, -0.05) is 19.1 Å². The Labute approximate surface area is 96.1 Å². The predicted octanol–water partition coefficient (Wildman–Crippen LogP) is 3.14. The van der Waals surface area contributed by atoms with Crippen molar-refractivity contribution in [1.82, 2.24) is 0 Å². The van der Waals surface area contributed by atoms with Gasteiger partial charge in [0.2, 0.25) is 0 Å². The molecule has 84 valence electrons. The third kappa shape index (κ3) is 1.94. The van der Waals surface area contributed by atoms with Crippen LogP contribution in [0.2, 0.25) is 0 Å². The minimum absolute atomic E-state index is 0.729. The van der Waals surface area contributed by atoms with Gasteiger partial charge in [-0.05, 0) is 25.5 Å². The van der Waals surface area contributed by atoms with Crippen LogP contribution < -0.4 is 5.73 Å². The average Bonchev–Trinajstić information content (AvgIpc) is 2.26. The molecule has 2 aliphatic rings. The highest BCUT2D eigenvalue weighted by molar-refractivity contribution is 5.99. The molecule has 2 aliphatic heterocycles. The van der Waals surface area contributed by atoms with Crippen LogP contribution in [0, 0.1) is 0 Å². The largest absolute Gasteiger partial charge is 0.658 e. The molecule has 0 bridgehead atoms. The number of hydrogen-bond donors (Lipinski definition) is 1. The van der Waals surface area contributed by atoms with E-state index in [9.17, 15) is 0 Å². The molecule has 0 radical (unpaired) electrons. The third-order valence-corrected chi connectivity index (χ3v) is 2.90. The third-order valence-electron chi connectivity index (χ3n) is 2.90. The van der Waals surface area contributed by atoms with E-state index < -0.39 is 0 Å². The van der Waals surface area contributed by atoms with E-state index in [-0.39, 0.29) is 0 Å². The summed E-state index contributed by atoms with van der Waals surface area (Å²) in [5.74, 6) is 0. The second-order valence-corrected chi connectivity index (χ2v) is 4.11. The number of aliphatic imine (C=N–C) groups is 1. The van der Waals surface area contributed by atoms with Crippen molar-refractivity contribution in [3.05, 3.63) is 51.9 Å². The van der Waals surface area contributed by atoms with Crippen molar-refractivity contribution >= 4 is 5.71 Å². The number of nitrogens with two attached hydrogens (primary N) is 1. The molecular weight excluding hydrogens is 198 g/mol. The molecule has 0 saturated heterocycles. The quantitative estimate of drug-likeness (QED) is 0.661. The van der Waals surface area contributed by atoms with Crippen LogP contribution in [0.15, 0.2) is 51.6 Å². The zero-order chi connectivity index (χ0) is 11.7. The van der Waals surface area contributed by atoms with Gasteiger partial charge >= 0.3 is 0 Å². The zero-order valence-corrected chi connectivity index (χ0v) is 9.91. The summed E-state index contributed by atoms with van der Waals surface area (Å²) in [6.45, 7) is 6.02. The van der Waals surface area contributed by atoms with Gasteiger partial charge < -0.3 is 11.1 Å².